The van der Waals surface area contributed by atoms with Crippen LogP contribution in [0.25, 0.3) is 5.65 Å². The molecule has 1 saturated heterocycles. The van der Waals surface area contributed by atoms with Crippen LogP contribution in [0.2, 0.25) is 0 Å². The lowest BCUT2D eigenvalue weighted by Gasteiger charge is -2.40. The smallest absolute Gasteiger partial charge is 0.137 e. The zero-order valence-electron chi connectivity index (χ0n) is 11.1. The van der Waals surface area contributed by atoms with Gasteiger partial charge < -0.3 is 19.6 Å². The second-order valence-corrected chi connectivity index (χ2v) is 5.44. The zero-order valence-corrected chi connectivity index (χ0v) is 11.1. The molecule has 0 bridgehead atoms. The normalized spacial score (nSPS) is 17.6. The van der Waals surface area contributed by atoms with E-state index in [4.69, 9.17) is 4.74 Å². The Morgan fingerprint density at radius 1 is 1.53 bits per heavy atom. The maximum Gasteiger partial charge on any atom is 0.137 e. The van der Waals surface area contributed by atoms with Gasteiger partial charge in [-0.05, 0) is 24.6 Å². The summed E-state index contributed by atoms with van der Waals surface area (Å²) in [5, 5.41) is 12.7. The quantitative estimate of drug-likeness (QED) is 0.833. The molecule has 0 saturated carbocycles. The average molecular weight is 261 g/mol. The molecule has 2 N–H and O–H groups in total. The maximum atomic E-state index is 9.36. The molecule has 19 heavy (non-hydrogen) atoms. The predicted octanol–water partition coefficient (Wildman–Crippen LogP) is 0.741. The van der Waals surface area contributed by atoms with Crippen molar-refractivity contribution < 1.29 is 9.84 Å². The second-order valence-electron chi connectivity index (χ2n) is 5.44. The van der Waals surface area contributed by atoms with Crippen LogP contribution in [0.1, 0.15) is 11.3 Å². The summed E-state index contributed by atoms with van der Waals surface area (Å²) in [4.78, 5) is 4.40. The first kappa shape index (κ1) is 12.6. The standard InChI is InChI=1S/C14H19N3O2/c1-11-2-3-17-12(6-16-13(17)4-11)5-15-7-14(8-18)9-19-10-14/h2-4,6,15,18H,5,7-10H2,1H3. The first-order chi connectivity index (χ1) is 9.22. The number of imidazole rings is 1. The van der Waals surface area contributed by atoms with Crippen molar-refractivity contribution in [3.05, 3.63) is 35.8 Å². The predicted molar refractivity (Wildman–Crippen MR) is 72.0 cm³/mol. The van der Waals surface area contributed by atoms with Gasteiger partial charge in [-0.15, -0.1) is 0 Å². The van der Waals surface area contributed by atoms with E-state index in [1.165, 1.54) is 5.56 Å². The molecule has 5 heteroatoms. The van der Waals surface area contributed by atoms with Gasteiger partial charge >= 0.3 is 0 Å². The van der Waals surface area contributed by atoms with Gasteiger partial charge in [0.25, 0.3) is 0 Å². The fraction of sp³-hybridized carbons (Fsp3) is 0.500. The van der Waals surface area contributed by atoms with Gasteiger partial charge in [-0.3, -0.25) is 0 Å². The Balaban J connectivity index is 1.65. The molecule has 0 radical (unpaired) electrons. The van der Waals surface area contributed by atoms with Crippen molar-refractivity contribution in [3.8, 4) is 0 Å². The molecule has 0 unspecified atom stereocenters. The van der Waals surface area contributed by atoms with Crippen molar-refractivity contribution in [2.45, 2.75) is 13.5 Å². The fourth-order valence-electron chi connectivity index (χ4n) is 2.36. The number of rotatable bonds is 5. The summed E-state index contributed by atoms with van der Waals surface area (Å²) in [5.74, 6) is 0. The van der Waals surface area contributed by atoms with Gasteiger partial charge in [-0.2, -0.15) is 0 Å². The number of pyridine rings is 1. The number of nitrogens with zero attached hydrogens (tertiary/aromatic N) is 2. The number of fused-ring (bicyclic) bond motifs is 1. The summed E-state index contributed by atoms with van der Waals surface area (Å²) >= 11 is 0. The minimum atomic E-state index is -0.0862. The molecule has 102 valence electrons. The van der Waals surface area contributed by atoms with Crippen molar-refractivity contribution in [2.24, 2.45) is 5.41 Å². The SMILES string of the molecule is Cc1ccn2c(CNCC3(CO)COC3)cnc2c1. The van der Waals surface area contributed by atoms with Crippen LogP contribution in [-0.2, 0) is 11.3 Å². The number of aliphatic hydroxyl groups excluding tert-OH is 1. The van der Waals surface area contributed by atoms with E-state index in [2.05, 4.69) is 33.8 Å². The lowest BCUT2D eigenvalue weighted by atomic mass is 9.87. The van der Waals surface area contributed by atoms with Gasteiger partial charge in [0.05, 0.1) is 37.1 Å². The minimum Gasteiger partial charge on any atom is -0.396 e. The Morgan fingerprint density at radius 2 is 2.37 bits per heavy atom. The van der Waals surface area contributed by atoms with E-state index in [9.17, 15) is 5.11 Å². The van der Waals surface area contributed by atoms with Crippen LogP contribution in [0, 0.1) is 12.3 Å². The van der Waals surface area contributed by atoms with Gasteiger partial charge in [-0.25, -0.2) is 4.98 Å². The Hall–Kier alpha value is -1.43. The summed E-state index contributed by atoms with van der Waals surface area (Å²) in [6.07, 6.45) is 3.94. The van der Waals surface area contributed by atoms with Crippen LogP contribution < -0.4 is 5.32 Å². The molecule has 2 aromatic rings. The lowest BCUT2D eigenvalue weighted by molar-refractivity contribution is -0.134. The monoisotopic (exact) mass is 261 g/mol. The molecule has 3 heterocycles. The van der Waals surface area contributed by atoms with E-state index in [-0.39, 0.29) is 12.0 Å². The summed E-state index contributed by atoms with van der Waals surface area (Å²) in [6.45, 7) is 5.03. The third kappa shape index (κ3) is 2.36. The molecular weight excluding hydrogens is 242 g/mol. The number of hydrogen-bond acceptors (Lipinski definition) is 4. The molecular formula is C14H19N3O2. The molecule has 0 aromatic carbocycles. The van der Waals surface area contributed by atoms with Gasteiger partial charge in [0.15, 0.2) is 0 Å². The molecule has 1 aliphatic rings. The van der Waals surface area contributed by atoms with Crippen LogP contribution >= 0.6 is 0 Å². The van der Waals surface area contributed by atoms with E-state index in [1.807, 2.05) is 12.4 Å². The van der Waals surface area contributed by atoms with Gasteiger partial charge in [0.2, 0.25) is 0 Å². The van der Waals surface area contributed by atoms with Crippen LogP contribution in [0.15, 0.2) is 24.5 Å². The number of nitrogens with one attached hydrogen (secondary N) is 1. The topological polar surface area (TPSA) is 58.8 Å². The Morgan fingerprint density at radius 3 is 3.05 bits per heavy atom. The largest absolute Gasteiger partial charge is 0.396 e. The fourth-order valence-corrected chi connectivity index (χ4v) is 2.36. The van der Waals surface area contributed by atoms with Crippen molar-refractivity contribution in [3.63, 3.8) is 0 Å². The van der Waals surface area contributed by atoms with Gasteiger partial charge in [-0.1, -0.05) is 0 Å². The highest BCUT2D eigenvalue weighted by atomic mass is 16.5. The van der Waals surface area contributed by atoms with Gasteiger partial charge in [0, 0.05) is 19.3 Å². The van der Waals surface area contributed by atoms with Gasteiger partial charge in [0.1, 0.15) is 5.65 Å². The number of aromatic nitrogens is 2. The van der Waals surface area contributed by atoms with E-state index in [0.717, 1.165) is 24.4 Å². The first-order valence-electron chi connectivity index (χ1n) is 6.54. The molecule has 0 amide bonds. The number of hydrogen-bond donors (Lipinski definition) is 2. The summed E-state index contributed by atoms with van der Waals surface area (Å²) in [6, 6.07) is 4.14. The van der Waals surface area contributed by atoms with Crippen molar-refractivity contribution in [2.75, 3.05) is 26.4 Å². The summed E-state index contributed by atoms with van der Waals surface area (Å²) in [7, 11) is 0. The number of ether oxygens (including phenoxy) is 1. The van der Waals surface area contributed by atoms with E-state index < -0.39 is 0 Å². The number of aryl methyl sites for hydroxylation is 1. The molecule has 0 aliphatic carbocycles. The molecule has 0 atom stereocenters. The summed E-state index contributed by atoms with van der Waals surface area (Å²) < 4.78 is 7.27. The molecule has 1 fully saturated rings. The van der Waals surface area contributed by atoms with Crippen LogP contribution in [0.3, 0.4) is 0 Å². The van der Waals surface area contributed by atoms with Crippen molar-refractivity contribution >= 4 is 5.65 Å². The highest BCUT2D eigenvalue weighted by Gasteiger charge is 2.37. The molecule has 1 aliphatic heterocycles. The molecule has 3 rings (SSSR count). The third-order valence-corrected chi connectivity index (χ3v) is 3.70. The van der Waals surface area contributed by atoms with Crippen molar-refractivity contribution in [1.82, 2.24) is 14.7 Å². The highest BCUT2D eigenvalue weighted by molar-refractivity contribution is 5.42. The first-order valence-corrected chi connectivity index (χ1v) is 6.54. The zero-order chi connectivity index (χ0) is 13.3. The van der Waals surface area contributed by atoms with Crippen LogP contribution in [-0.4, -0.2) is 40.9 Å². The molecule has 0 spiro atoms. The average Bonchev–Trinajstić information content (AvgIpc) is 2.75. The minimum absolute atomic E-state index is 0.0862. The van der Waals surface area contributed by atoms with Crippen LogP contribution in [0.4, 0.5) is 0 Å². The summed E-state index contributed by atoms with van der Waals surface area (Å²) in [5.41, 5.74) is 3.23. The Bertz CT molecular complexity index is 570. The Kier molecular flexibility index (Phi) is 3.26. The lowest BCUT2D eigenvalue weighted by Crippen LogP contribution is -2.52. The molecule has 2 aromatic heterocycles. The van der Waals surface area contributed by atoms with E-state index in [0.29, 0.717) is 13.2 Å². The maximum absolute atomic E-state index is 9.36. The van der Waals surface area contributed by atoms with E-state index in [1.54, 1.807) is 0 Å². The van der Waals surface area contributed by atoms with Crippen LogP contribution in [0.5, 0.6) is 0 Å². The molecule has 5 nitrogen and oxygen atoms in total. The van der Waals surface area contributed by atoms with E-state index >= 15 is 0 Å². The number of aliphatic hydroxyl groups is 1. The second kappa shape index (κ2) is 4.92. The Labute approximate surface area is 112 Å². The third-order valence-electron chi connectivity index (χ3n) is 3.70. The van der Waals surface area contributed by atoms with Crippen molar-refractivity contribution in [1.29, 1.82) is 0 Å². The highest BCUT2D eigenvalue weighted by Crippen LogP contribution is 2.25.